The highest BCUT2D eigenvalue weighted by Crippen LogP contribution is 2.18. The maximum Gasteiger partial charge on any atom is 0.397 e. The maximum atomic E-state index is 11.9. The molecule has 3 nitrogen and oxygen atoms in total. The molecule has 0 aliphatic heterocycles. The Morgan fingerprint density at radius 2 is 2.11 bits per heavy atom. The van der Waals surface area contributed by atoms with Crippen molar-refractivity contribution in [2.45, 2.75) is 19.5 Å². The van der Waals surface area contributed by atoms with Crippen molar-refractivity contribution < 1.29 is 18.0 Å². The molecule has 0 aliphatic rings. The summed E-state index contributed by atoms with van der Waals surface area (Å²) >= 11 is 5.75. The van der Waals surface area contributed by atoms with E-state index in [1.807, 2.05) is 5.43 Å². The van der Waals surface area contributed by atoms with Crippen molar-refractivity contribution >= 4 is 23.2 Å². The number of rotatable bonds is 3. The molecule has 0 saturated heterocycles. The van der Waals surface area contributed by atoms with Gasteiger partial charge in [0, 0.05) is 5.02 Å². The Morgan fingerprint density at radius 3 is 2.67 bits per heavy atom. The molecule has 18 heavy (non-hydrogen) atoms. The second-order valence-corrected chi connectivity index (χ2v) is 3.97. The third-order valence-electron chi connectivity index (χ3n) is 1.95. The van der Waals surface area contributed by atoms with Gasteiger partial charge in [0.1, 0.15) is 6.42 Å². The number of nitrogens with zero attached hydrogens (tertiary/aromatic N) is 1. The molecule has 7 heteroatoms. The van der Waals surface area contributed by atoms with Crippen molar-refractivity contribution in [1.82, 2.24) is 5.43 Å². The van der Waals surface area contributed by atoms with E-state index in [9.17, 15) is 18.0 Å². The summed E-state index contributed by atoms with van der Waals surface area (Å²) in [7, 11) is 0. The first-order valence-corrected chi connectivity index (χ1v) is 5.31. The predicted molar refractivity (Wildman–Crippen MR) is 62.5 cm³/mol. The van der Waals surface area contributed by atoms with Gasteiger partial charge in [0.2, 0.25) is 5.91 Å². The molecule has 1 aromatic rings. The lowest BCUT2D eigenvalue weighted by Gasteiger charge is -2.05. The molecule has 0 atom stereocenters. The normalized spacial score (nSPS) is 12.4. The Kier molecular flexibility index (Phi) is 4.72. The molecule has 1 N–H and O–H groups in total. The van der Waals surface area contributed by atoms with Gasteiger partial charge in [-0.2, -0.15) is 18.3 Å². The summed E-state index contributed by atoms with van der Waals surface area (Å²) in [5.41, 5.74) is 2.83. The average molecular weight is 279 g/mol. The lowest BCUT2D eigenvalue weighted by molar-refractivity contribution is -0.153. The van der Waals surface area contributed by atoms with Gasteiger partial charge in [0.05, 0.1) is 5.71 Å². The van der Waals surface area contributed by atoms with E-state index in [0.29, 0.717) is 16.3 Å². The van der Waals surface area contributed by atoms with Crippen LogP contribution >= 0.6 is 11.6 Å². The summed E-state index contributed by atoms with van der Waals surface area (Å²) in [6.45, 7) is 1.56. The number of benzene rings is 1. The number of carbonyl (C=O) groups is 1. The molecular formula is C11H10ClF3N2O. The highest BCUT2D eigenvalue weighted by atomic mass is 35.5. The fourth-order valence-electron chi connectivity index (χ4n) is 1.15. The molecule has 0 heterocycles. The van der Waals surface area contributed by atoms with Crippen LogP contribution in [0.25, 0.3) is 0 Å². The Labute approximate surface area is 107 Å². The van der Waals surface area contributed by atoms with Crippen molar-refractivity contribution in [3.8, 4) is 0 Å². The number of hydrogen-bond donors (Lipinski definition) is 1. The van der Waals surface area contributed by atoms with Gasteiger partial charge in [-0.15, -0.1) is 0 Å². The summed E-state index contributed by atoms with van der Waals surface area (Å²) in [6.07, 6.45) is -6.09. The fraction of sp³-hybridized carbons (Fsp3) is 0.273. The predicted octanol–water partition coefficient (Wildman–Crippen LogP) is 3.13. The van der Waals surface area contributed by atoms with Gasteiger partial charge in [-0.1, -0.05) is 23.7 Å². The Hall–Kier alpha value is -1.56. The van der Waals surface area contributed by atoms with E-state index in [1.54, 1.807) is 31.2 Å². The number of halogens is 4. The van der Waals surface area contributed by atoms with E-state index < -0.39 is 18.5 Å². The number of alkyl halides is 3. The van der Waals surface area contributed by atoms with Gasteiger partial charge in [-0.25, -0.2) is 5.43 Å². The van der Waals surface area contributed by atoms with Gasteiger partial charge in [-0.3, -0.25) is 4.79 Å². The largest absolute Gasteiger partial charge is 0.397 e. The highest BCUT2D eigenvalue weighted by Gasteiger charge is 2.31. The monoisotopic (exact) mass is 278 g/mol. The van der Waals surface area contributed by atoms with Crippen LogP contribution in [0.15, 0.2) is 29.4 Å². The fourth-order valence-corrected chi connectivity index (χ4v) is 1.34. The van der Waals surface area contributed by atoms with Gasteiger partial charge < -0.3 is 0 Å². The van der Waals surface area contributed by atoms with E-state index in [2.05, 4.69) is 5.10 Å². The van der Waals surface area contributed by atoms with Crippen LogP contribution in [-0.4, -0.2) is 17.8 Å². The van der Waals surface area contributed by atoms with Crippen LogP contribution in [-0.2, 0) is 4.79 Å². The minimum absolute atomic E-state index is 0.369. The Balaban J connectivity index is 2.65. The van der Waals surface area contributed by atoms with Crippen LogP contribution in [0, 0.1) is 0 Å². The van der Waals surface area contributed by atoms with Crippen molar-refractivity contribution in [1.29, 1.82) is 0 Å². The summed E-state index contributed by atoms with van der Waals surface area (Å²) in [5.74, 6) is -1.20. The van der Waals surface area contributed by atoms with Crippen molar-refractivity contribution in [3.05, 3.63) is 34.9 Å². The molecule has 98 valence electrons. The van der Waals surface area contributed by atoms with Crippen LogP contribution in [0.2, 0.25) is 5.02 Å². The van der Waals surface area contributed by atoms with Crippen molar-refractivity contribution in [2.24, 2.45) is 5.10 Å². The average Bonchev–Trinajstić information content (AvgIpc) is 2.23. The number of hydrogen-bond acceptors (Lipinski definition) is 2. The summed E-state index contributed by atoms with van der Waals surface area (Å²) in [4.78, 5) is 10.9. The first-order valence-electron chi connectivity index (χ1n) is 4.94. The van der Waals surface area contributed by atoms with Crippen LogP contribution in [0.5, 0.6) is 0 Å². The number of hydrazone groups is 1. The molecule has 0 radical (unpaired) electrons. The molecular weight excluding hydrogens is 269 g/mol. The quantitative estimate of drug-likeness (QED) is 0.670. The summed E-state index contributed by atoms with van der Waals surface area (Å²) in [6, 6.07) is 6.60. The minimum Gasteiger partial charge on any atom is -0.273 e. The van der Waals surface area contributed by atoms with Gasteiger partial charge in [0.25, 0.3) is 0 Å². The first-order chi connectivity index (χ1) is 8.28. The van der Waals surface area contributed by atoms with E-state index in [1.165, 1.54) is 0 Å². The number of nitrogens with one attached hydrogen (secondary N) is 1. The number of amides is 1. The van der Waals surface area contributed by atoms with Gasteiger partial charge in [0.15, 0.2) is 0 Å². The molecule has 0 unspecified atom stereocenters. The maximum absolute atomic E-state index is 11.9. The molecule has 1 amide bonds. The van der Waals surface area contributed by atoms with Crippen LogP contribution in [0.3, 0.4) is 0 Å². The lowest BCUT2D eigenvalue weighted by atomic mass is 10.1. The molecule has 1 aromatic carbocycles. The zero-order chi connectivity index (χ0) is 13.8. The van der Waals surface area contributed by atoms with E-state index in [4.69, 9.17) is 11.6 Å². The van der Waals surface area contributed by atoms with Crippen LogP contribution < -0.4 is 5.43 Å². The van der Waals surface area contributed by atoms with E-state index in [0.717, 1.165) is 0 Å². The lowest BCUT2D eigenvalue weighted by Crippen LogP contribution is -2.25. The topological polar surface area (TPSA) is 41.5 Å². The molecule has 0 aromatic heterocycles. The minimum atomic E-state index is -4.54. The zero-order valence-electron chi connectivity index (χ0n) is 9.38. The summed E-state index contributed by atoms with van der Waals surface area (Å²) < 4.78 is 35.6. The molecule has 0 spiro atoms. The molecule has 0 aliphatic carbocycles. The third kappa shape index (κ3) is 5.18. The standard InChI is InChI=1S/C11H10ClF3N2O/c1-7(8-3-2-4-9(12)5-8)16-17-10(18)6-11(13,14)15/h2-5H,6H2,1H3,(H,17,18)/b16-7+. The van der Waals surface area contributed by atoms with Gasteiger partial charge >= 0.3 is 6.18 Å². The Morgan fingerprint density at radius 1 is 1.44 bits per heavy atom. The SMILES string of the molecule is C/C(=N\NC(=O)CC(F)(F)F)c1cccc(Cl)c1. The van der Waals surface area contributed by atoms with Crippen LogP contribution in [0.1, 0.15) is 18.9 Å². The molecule has 0 bridgehead atoms. The smallest absolute Gasteiger partial charge is 0.273 e. The zero-order valence-corrected chi connectivity index (χ0v) is 10.1. The summed E-state index contributed by atoms with van der Waals surface area (Å²) in [5, 5.41) is 4.05. The second kappa shape index (κ2) is 5.86. The van der Waals surface area contributed by atoms with Gasteiger partial charge in [-0.05, 0) is 24.6 Å². The molecule has 1 rings (SSSR count). The number of carbonyl (C=O) groups excluding carboxylic acids is 1. The van der Waals surface area contributed by atoms with Crippen molar-refractivity contribution in [2.75, 3.05) is 0 Å². The molecule has 0 fully saturated rings. The van der Waals surface area contributed by atoms with E-state index in [-0.39, 0.29) is 0 Å². The Bertz CT molecular complexity index is 472. The van der Waals surface area contributed by atoms with E-state index >= 15 is 0 Å². The first kappa shape index (κ1) is 14.5. The van der Waals surface area contributed by atoms with Crippen LogP contribution in [0.4, 0.5) is 13.2 Å². The second-order valence-electron chi connectivity index (χ2n) is 3.53. The molecule has 0 saturated carbocycles. The highest BCUT2D eigenvalue weighted by molar-refractivity contribution is 6.31. The van der Waals surface area contributed by atoms with Crippen molar-refractivity contribution in [3.63, 3.8) is 0 Å². The third-order valence-corrected chi connectivity index (χ3v) is 2.19.